The number of β-amino-alcohol motifs (C(OH)–C–C–N with tert-alkyl or cyclic N) is 1. The summed E-state index contributed by atoms with van der Waals surface area (Å²) in [7, 11) is 1.41. The number of aliphatic hydroxyl groups excluding tert-OH is 3. The van der Waals surface area contributed by atoms with Crippen LogP contribution in [0, 0.1) is 11.8 Å². The van der Waals surface area contributed by atoms with Crippen molar-refractivity contribution in [1.29, 1.82) is 0 Å². The summed E-state index contributed by atoms with van der Waals surface area (Å²) in [6, 6.07) is -7.38. The fourth-order valence-corrected chi connectivity index (χ4v) is 6.29. The van der Waals surface area contributed by atoms with Crippen molar-refractivity contribution in [1.82, 2.24) is 36.8 Å². The van der Waals surface area contributed by atoms with E-state index in [4.69, 9.17) is 11.5 Å². The van der Waals surface area contributed by atoms with Crippen molar-refractivity contribution < 1.29 is 58.2 Å². The maximum absolute atomic E-state index is 13.8. The molecule has 1 aliphatic heterocycles. The smallest absolute Gasteiger partial charge is 0.248 e. The molecule has 306 valence electrons. The van der Waals surface area contributed by atoms with Gasteiger partial charge in [0.2, 0.25) is 52.3 Å². The zero-order valence-electron chi connectivity index (χ0n) is 31.1. The van der Waals surface area contributed by atoms with Crippen LogP contribution in [0.1, 0.15) is 53.4 Å². The van der Waals surface area contributed by atoms with Crippen molar-refractivity contribution in [3.05, 3.63) is 11.6 Å². The predicted molar refractivity (Wildman–Crippen MR) is 193 cm³/mol. The minimum absolute atomic E-state index is 0.0295. The molecule has 21 nitrogen and oxygen atoms in total. The number of amides is 8. The quantitative estimate of drug-likeness (QED) is 0.0431. The summed E-state index contributed by atoms with van der Waals surface area (Å²) in [4.78, 5) is 104. The first kappa shape index (κ1) is 47.5. The maximum Gasteiger partial charge on any atom is 0.248 e. The highest BCUT2D eigenvalue weighted by Gasteiger charge is 2.44. The average Bonchev–Trinajstić information content (AvgIpc) is 3.53. The van der Waals surface area contributed by atoms with Gasteiger partial charge in [-0.2, -0.15) is 0 Å². The van der Waals surface area contributed by atoms with E-state index >= 15 is 0 Å². The molecule has 0 bridgehead atoms. The fraction of sp³-hybridized carbons (Fsp3) is 0.688. The van der Waals surface area contributed by atoms with Gasteiger partial charge in [-0.05, 0) is 12.5 Å². The summed E-state index contributed by atoms with van der Waals surface area (Å²) in [6.07, 6.45) is -3.25. The summed E-state index contributed by atoms with van der Waals surface area (Å²) >= 11 is -2.00. The van der Waals surface area contributed by atoms with Gasteiger partial charge in [-0.15, -0.1) is 0 Å². The topological polar surface area (TPSA) is 348 Å². The first-order valence-electron chi connectivity index (χ1n) is 17.3. The third-order valence-electron chi connectivity index (χ3n) is 8.89. The van der Waals surface area contributed by atoms with Crippen molar-refractivity contribution in [2.75, 3.05) is 32.5 Å². The lowest BCUT2D eigenvalue weighted by Crippen LogP contribution is -2.60. The van der Waals surface area contributed by atoms with Gasteiger partial charge in [0.25, 0.3) is 0 Å². The average molecular weight is 790 g/mol. The lowest BCUT2D eigenvalue weighted by Gasteiger charge is -2.31. The van der Waals surface area contributed by atoms with Crippen LogP contribution in [0.25, 0.3) is 0 Å². The van der Waals surface area contributed by atoms with E-state index < -0.39 is 133 Å². The van der Waals surface area contributed by atoms with E-state index in [1.807, 2.05) is 6.92 Å². The predicted octanol–water partition coefficient (Wildman–Crippen LogP) is -5.75. The summed E-state index contributed by atoms with van der Waals surface area (Å²) < 4.78 is 12.9. The molecule has 0 aliphatic carbocycles. The summed E-state index contributed by atoms with van der Waals surface area (Å²) in [5.41, 5.74) is 10.8. The van der Waals surface area contributed by atoms with Gasteiger partial charge in [-0.3, -0.25) is 38.4 Å². The molecule has 0 radical (unpaired) electrons. The van der Waals surface area contributed by atoms with Gasteiger partial charge in [0.1, 0.15) is 29.9 Å². The zero-order chi connectivity index (χ0) is 41.4. The molecule has 13 N–H and O–H groups in total. The van der Waals surface area contributed by atoms with Gasteiger partial charge in [-0.25, -0.2) is 0 Å². The second-order valence-corrected chi connectivity index (χ2v) is 14.4. The minimum atomic E-state index is -2.00. The number of primary amides is 2. The SMILES string of the molecule is C=C(NC)[S+]([O-])C[C@H](NC(=O)CNC(=O)[C@@H](NC(=O)CC)[C@@H](C)CC)C(=O)N[C@@H](CC(N)=O)C(=O)N1C[C@H](O)C[C@H]1C(=O)N[C@H](C(N)=O)[C@@H](C)[C@@H](O)CO. The highest BCUT2D eigenvalue weighted by Crippen LogP contribution is 2.21. The molecule has 8 amide bonds. The van der Waals surface area contributed by atoms with E-state index in [1.54, 1.807) is 13.8 Å². The first-order chi connectivity index (χ1) is 25.2. The van der Waals surface area contributed by atoms with Gasteiger partial charge in [0.05, 0.1) is 31.8 Å². The third kappa shape index (κ3) is 14.4. The Morgan fingerprint density at radius 1 is 0.944 bits per heavy atom. The van der Waals surface area contributed by atoms with Crippen molar-refractivity contribution in [3.63, 3.8) is 0 Å². The maximum atomic E-state index is 13.8. The van der Waals surface area contributed by atoms with Gasteiger partial charge in [0, 0.05) is 43.5 Å². The van der Waals surface area contributed by atoms with Crippen LogP contribution in [0.5, 0.6) is 0 Å². The van der Waals surface area contributed by atoms with Gasteiger partial charge in [0.15, 0.2) is 6.04 Å². The van der Waals surface area contributed by atoms with E-state index in [9.17, 15) is 58.2 Å². The van der Waals surface area contributed by atoms with Crippen molar-refractivity contribution in [3.8, 4) is 0 Å². The Morgan fingerprint density at radius 2 is 1.57 bits per heavy atom. The number of nitrogens with zero attached hydrogens (tertiary/aromatic N) is 1. The summed E-state index contributed by atoms with van der Waals surface area (Å²) in [5, 5.41) is 44.2. The van der Waals surface area contributed by atoms with E-state index in [0.29, 0.717) is 6.42 Å². The van der Waals surface area contributed by atoms with Crippen molar-refractivity contribution in [2.24, 2.45) is 23.3 Å². The van der Waals surface area contributed by atoms with Crippen LogP contribution in [0.2, 0.25) is 0 Å². The number of hydrogen-bond donors (Lipinski definition) is 11. The van der Waals surface area contributed by atoms with E-state index in [1.165, 1.54) is 14.0 Å². The van der Waals surface area contributed by atoms with Crippen LogP contribution in [-0.2, 0) is 49.5 Å². The first-order valence-corrected chi connectivity index (χ1v) is 18.6. The second-order valence-electron chi connectivity index (χ2n) is 12.9. The Bertz CT molecular complexity index is 1390. The highest BCUT2D eigenvalue weighted by atomic mass is 32.2. The number of aliphatic hydroxyl groups is 3. The normalized spacial score (nSPS) is 19.7. The molecule has 1 aliphatic rings. The van der Waals surface area contributed by atoms with E-state index in [2.05, 4.69) is 38.5 Å². The Hall–Kier alpha value is -4.51. The standard InChI is InChI=1S/C32H55N9O12S/c1-7-15(3)26(39-24(46)8-2)31(51)36-11-25(47)37-20(14-54(53)17(5)35-6)29(49)38-19(10-23(33)45)32(52)41-12-18(43)9-21(41)30(50)40-27(28(34)48)16(4)22(44)13-42/h15-16,18-22,26-27,35,42-44H,5,7-14H2,1-4,6H3,(H2,33,45)(H2,34,48)(H,36,51)(H,37,47)(H,38,49)(H,39,46)(H,40,50)/t15-,16-,18+,19-,20-,21-,22-,26-,27-,54?/m0/s1. The van der Waals surface area contributed by atoms with Crippen LogP contribution in [0.3, 0.4) is 0 Å². The lowest BCUT2D eigenvalue weighted by molar-refractivity contribution is -0.143. The molecule has 0 aromatic heterocycles. The van der Waals surface area contributed by atoms with Crippen LogP contribution >= 0.6 is 0 Å². The van der Waals surface area contributed by atoms with Crippen LogP contribution in [-0.4, -0.2) is 147 Å². The molecule has 0 aromatic carbocycles. The molecular formula is C32H55N9O12S. The molecule has 1 heterocycles. The van der Waals surface area contributed by atoms with Crippen LogP contribution in [0.15, 0.2) is 11.6 Å². The molecule has 0 saturated carbocycles. The molecule has 1 saturated heterocycles. The molecule has 0 spiro atoms. The van der Waals surface area contributed by atoms with E-state index in [-0.39, 0.29) is 29.7 Å². The molecule has 0 aromatic rings. The monoisotopic (exact) mass is 789 g/mol. The second kappa shape index (κ2) is 22.6. The van der Waals surface area contributed by atoms with Crippen LogP contribution in [0.4, 0.5) is 0 Å². The number of carbonyl (C=O) groups excluding carboxylic acids is 8. The number of hydrogen-bond acceptors (Lipinski definition) is 13. The Labute approximate surface area is 316 Å². The number of nitrogens with two attached hydrogens (primary N) is 2. The Kier molecular flexibility index (Phi) is 19.9. The van der Waals surface area contributed by atoms with Gasteiger partial charge in [-0.1, -0.05) is 34.1 Å². The van der Waals surface area contributed by atoms with Gasteiger partial charge >= 0.3 is 0 Å². The van der Waals surface area contributed by atoms with Crippen molar-refractivity contribution >= 4 is 58.4 Å². The van der Waals surface area contributed by atoms with Gasteiger partial charge < -0.3 is 68.1 Å². The Morgan fingerprint density at radius 3 is 2.09 bits per heavy atom. The molecule has 1 unspecified atom stereocenters. The van der Waals surface area contributed by atoms with Crippen molar-refractivity contribution in [2.45, 2.75) is 95.8 Å². The van der Waals surface area contributed by atoms with E-state index in [0.717, 1.165) is 4.90 Å². The largest absolute Gasteiger partial charge is 0.610 e. The Balaban J connectivity index is 3.31. The minimum Gasteiger partial charge on any atom is -0.610 e. The van der Waals surface area contributed by atoms with Crippen LogP contribution < -0.4 is 43.4 Å². The molecule has 22 heteroatoms. The number of likely N-dealkylation sites (tertiary alicyclic amines) is 1. The number of carbonyl (C=O) groups is 8. The molecule has 10 atom stereocenters. The number of rotatable bonds is 23. The molecular weight excluding hydrogens is 734 g/mol. The molecule has 54 heavy (non-hydrogen) atoms. The molecule has 1 rings (SSSR count). The summed E-state index contributed by atoms with van der Waals surface area (Å²) in [6.45, 7) is 8.17. The summed E-state index contributed by atoms with van der Waals surface area (Å²) in [5.74, 6) is -9.26. The zero-order valence-corrected chi connectivity index (χ0v) is 31.9. The highest BCUT2D eigenvalue weighted by molar-refractivity contribution is 7.95. The fourth-order valence-electron chi connectivity index (χ4n) is 5.33. The molecule has 1 fully saturated rings. The lowest BCUT2D eigenvalue weighted by atomic mass is 9.95. The third-order valence-corrected chi connectivity index (χ3v) is 10.3. The number of nitrogens with one attached hydrogen (secondary N) is 6.